The van der Waals surface area contributed by atoms with Gasteiger partial charge in [-0.15, -0.1) is 0 Å². The maximum absolute atomic E-state index is 13.2. The third-order valence-corrected chi connectivity index (χ3v) is 9.91. The van der Waals surface area contributed by atoms with Crippen molar-refractivity contribution in [1.29, 1.82) is 5.26 Å². The molecule has 1 N–H and O–H groups in total. The van der Waals surface area contributed by atoms with Crippen molar-refractivity contribution in [3.63, 3.8) is 0 Å². The van der Waals surface area contributed by atoms with Crippen LogP contribution in [-0.2, 0) is 17.8 Å². The fraction of sp³-hybridized carbons (Fsp3) is 0.543. The molecular formula is C35H45ClN8O2. The van der Waals surface area contributed by atoms with Gasteiger partial charge in [0.25, 0.3) is 0 Å². The van der Waals surface area contributed by atoms with E-state index < -0.39 is 0 Å². The lowest BCUT2D eigenvalue weighted by Crippen LogP contribution is -2.56. The average molecular weight is 645 g/mol. The van der Waals surface area contributed by atoms with Crippen molar-refractivity contribution in [2.45, 2.75) is 70.6 Å². The van der Waals surface area contributed by atoms with Gasteiger partial charge in [0.1, 0.15) is 12.4 Å². The lowest BCUT2D eigenvalue weighted by molar-refractivity contribution is -0.133. The number of benzene rings is 2. The lowest BCUT2D eigenvalue weighted by Gasteiger charge is -2.42. The first-order chi connectivity index (χ1) is 22.3. The highest BCUT2D eigenvalue weighted by Crippen LogP contribution is 2.37. The van der Waals surface area contributed by atoms with Crippen molar-refractivity contribution < 1.29 is 9.53 Å². The van der Waals surface area contributed by atoms with E-state index in [1.165, 1.54) is 6.42 Å². The molecule has 0 unspecified atom stereocenters. The Balaban J connectivity index is 1.28. The molecule has 3 aromatic rings. The molecule has 4 heterocycles. The molecule has 46 heavy (non-hydrogen) atoms. The molecule has 2 aromatic carbocycles. The molecule has 244 valence electrons. The van der Waals surface area contributed by atoms with Crippen LogP contribution in [0.4, 0.5) is 11.5 Å². The van der Waals surface area contributed by atoms with E-state index in [9.17, 15) is 10.1 Å². The largest absolute Gasteiger partial charge is 0.462 e. The lowest BCUT2D eigenvalue weighted by atomic mass is 10.0. The molecule has 6 rings (SSSR count). The summed E-state index contributed by atoms with van der Waals surface area (Å²) in [6.07, 6.45) is 3.73. The average Bonchev–Trinajstić information content (AvgIpc) is 3.47. The van der Waals surface area contributed by atoms with Gasteiger partial charge in [-0.2, -0.15) is 15.2 Å². The molecular weight excluding hydrogens is 600 g/mol. The van der Waals surface area contributed by atoms with Gasteiger partial charge >= 0.3 is 6.01 Å². The number of anilines is 2. The van der Waals surface area contributed by atoms with Crippen LogP contribution in [-0.4, -0.2) is 96.7 Å². The normalized spacial score (nSPS) is 20.3. The number of hydrogen-bond donors (Lipinski definition) is 1. The monoisotopic (exact) mass is 644 g/mol. The summed E-state index contributed by atoms with van der Waals surface area (Å²) in [6.45, 7) is 9.54. The Labute approximate surface area is 277 Å². The van der Waals surface area contributed by atoms with E-state index in [-0.39, 0.29) is 18.4 Å². The van der Waals surface area contributed by atoms with E-state index in [0.717, 1.165) is 64.5 Å². The number of ether oxygens (including phenoxy) is 1. The predicted octanol–water partition coefficient (Wildman–Crippen LogP) is 4.64. The summed E-state index contributed by atoms with van der Waals surface area (Å²) >= 11 is 6.73. The molecule has 3 aliphatic rings. The molecule has 0 aliphatic carbocycles. The Morgan fingerprint density at radius 1 is 1.11 bits per heavy atom. The number of amides is 1. The third kappa shape index (κ3) is 7.02. The van der Waals surface area contributed by atoms with Crippen LogP contribution in [0, 0.1) is 11.3 Å². The molecule has 2 atom stereocenters. The van der Waals surface area contributed by atoms with Crippen LogP contribution in [0.1, 0.15) is 50.8 Å². The zero-order valence-corrected chi connectivity index (χ0v) is 28.0. The van der Waals surface area contributed by atoms with Crippen LogP contribution in [0.2, 0.25) is 5.02 Å². The number of nitrogens with zero attached hydrogens (tertiary/aromatic N) is 7. The van der Waals surface area contributed by atoms with Crippen molar-refractivity contribution in [3.05, 3.63) is 52.7 Å². The summed E-state index contributed by atoms with van der Waals surface area (Å²) in [7, 11) is 2.14. The van der Waals surface area contributed by atoms with Gasteiger partial charge in [0.05, 0.1) is 35.8 Å². The van der Waals surface area contributed by atoms with Gasteiger partial charge < -0.3 is 29.7 Å². The van der Waals surface area contributed by atoms with E-state index in [1.807, 2.05) is 17.0 Å². The highest BCUT2D eigenvalue weighted by molar-refractivity contribution is 6.36. The maximum atomic E-state index is 13.2. The summed E-state index contributed by atoms with van der Waals surface area (Å²) in [5.74, 6) is 0.957. The molecule has 11 heteroatoms. The Morgan fingerprint density at radius 3 is 2.70 bits per heavy atom. The topological polar surface area (TPSA) is 101 Å². The molecule has 0 bridgehead atoms. The van der Waals surface area contributed by atoms with Crippen LogP contribution in [0.25, 0.3) is 10.8 Å². The van der Waals surface area contributed by atoms with Crippen molar-refractivity contribution in [2.75, 3.05) is 62.7 Å². The first-order valence-electron chi connectivity index (χ1n) is 16.6. The standard InChI is InChI=1S/C35H45ClN8O2/c1-24(2)38-16-13-32(45)44-20-19-43(21-26(44)12-15-37)34-28-14-18-42(31-11-5-8-25-7-4-10-29(36)33(25)31)22-30(28)39-35(40-34)46-23-27-9-6-17-41(27)3/h4-5,7-8,10-11,24,26-27,38H,6,9,12-14,16-23H2,1-3H3/t26-,27-/m0/s1. The Bertz CT molecular complexity index is 1590. The highest BCUT2D eigenvalue weighted by Gasteiger charge is 2.34. The quantitative estimate of drug-likeness (QED) is 0.338. The van der Waals surface area contributed by atoms with Crippen LogP contribution in [0.5, 0.6) is 6.01 Å². The number of rotatable bonds is 10. The van der Waals surface area contributed by atoms with Gasteiger partial charge in [-0.1, -0.05) is 49.7 Å². The van der Waals surface area contributed by atoms with Crippen LogP contribution in [0.3, 0.4) is 0 Å². The van der Waals surface area contributed by atoms with E-state index in [1.54, 1.807) is 0 Å². The molecule has 3 aliphatic heterocycles. The first-order valence-corrected chi connectivity index (χ1v) is 17.0. The molecule has 0 radical (unpaired) electrons. The van der Waals surface area contributed by atoms with Crippen molar-refractivity contribution in [3.8, 4) is 12.1 Å². The van der Waals surface area contributed by atoms with Crippen molar-refractivity contribution in [1.82, 2.24) is 25.1 Å². The summed E-state index contributed by atoms with van der Waals surface area (Å²) < 4.78 is 6.33. The minimum Gasteiger partial charge on any atom is -0.462 e. The molecule has 2 fully saturated rings. The molecule has 0 spiro atoms. The zero-order chi connectivity index (χ0) is 32.2. The SMILES string of the molecule is CC(C)NCCC(=O)N1CCN(c2nc(OC[C@@H]3CCCN3C)nc3c2CCN(c2cccc4cccc(Cl)c24)C3)C[C@@H]1CC#N. The van der Waals surface area contributed by atoms with Gasteiger partial charge in [-0.25, -0.2) is 0 Å². The number of nitriles is 1. The molecule has 0 saturated carbocycles. The summed E-state index contributed by atoms with van der Waals surface area (Å²) in [4.78, 5) is 32.1. The van der Waals surface area contributed by atoms with Gasteiger partial charge in [-0.3, -0.25) is 4.79 Å². The van der Waals surface area contributed by atoms with Gasteiger partial charge in [0.2, 0.25) is 5.91 Å². The number of halogens is 1. The minimum atomic E-state index is -0.203. The molecule has 1 aromatic heterocycles. The summed E-state index contributed by atoms with van der Waals surface area (Å²) in [5.41, 5.74) is 3.16. The van der Waals surface area contributed by atoms with Gasteiger partial charge in [-0.05, 0) is 50.4 Å². The number of nitrogens with one attached hydrogen (secondary N) is 1. The Morgan fingerprint density at radius 2 is 1.93 bits per heavy atom. The second kappa shape index (κ2) is 14.4. The fourth-order valence-corrected chi connectivity index (χ4v) is 7.37. The number of likely N-dealkylation sites (tertiary alicyclic amines) is 1. The number of piperazine rings is 1. The zero-order valence-electron chi connectivity index (χ0n) is 27.2. The minimum absolute atomic E-state index is 0.0897. The maximum Gasteiger partial charge on any atom is 0.318 e. The van der Waals surface area contributed by atoms with E-state index in [4.69, 9.17) is 26.3 Å². The van der Waals surface area contributed by atoms with Crippen LogP contribution < -0.4 is 19.9 Å². The predicted molar refractivity (Wildman–Crippen MR) is 183 cm³/mol. The Hall–Kier alpha value is -3.65. The van der Waals surface area contributed by atoms with Gasteiger partial charge in [0.15, 0.2) is 0 Å². The van der Waals surface area contributed by atoms with Crippen molar-refractivity contribution in [2.24, 2.45) is 0 Å². The number of fused-ring (bicyclic) bond motifs is 2. The third-order valence-electron chi connectivity index (χ3n) is 9.59. The Kier molecular flexibility index (Phi) is 10.1. The fourth-order valence-electron chi connectivity index (χ4n) is 7.09. The second-order valence-corrected chi connectivity index (χ2v) is 13.4. The summed E-state index contributed by atoms with van der Waals surface area (Å²) in [6, 6.07) is 15.5. The molecule has 10 nitrogen and oxygen atoms in total. The van der Waals surface area contributed by atoms with E-state index in [0.29, 0.717) is 63.8 Å². The van der Waals surface area contributed by atoms with Crippen LogP contribution in [0.15, 0.2) is 36.4 Å². The molecule has 1 amide bonds. The van der Waals surface area contributed by atoms with E-state index in [2.05, 4.69) is 71.2 Å². The smallest absolute Gasteiger partial charge is 0.318 e. The summed E-state index contributed by atoms with van der Waals surface area (Å²) in [5, 5.41) is 15.9. The number of carbonyl (C=O) groups excluding carboxylic acids is 1. The number of carbonyl (C=O) groups is 1. The highest BCUT2D eigenvalue weighted by atomic mass is 35.5. The van der Waals surface area contributed by atoms with Crippen molar-refractivity contribution >= 4 is 39.8 Å². The van der Waals surface area contributed by atoms with E-state index >= 15 is 0 Å². The second-order valence-electron chi connectivity index (χ2n) is 13.0. The molecule has 2 saturated heterocycles. The number of likely N-dealkylation sites (N-methyl/N-ethyl adjacent to an activating group) is 1. The number of hydrogen-bond acceptors (Lipinski definition) is 9. The number of aromatic nitrogens is 2. The van der Waals surface area contributed by atoms with Crippen LogP contribution >= 0.6 is 11.6 Å². The van der Waals surface area contributed by atoms with Gasteiger partial charge in [0, 0.05) is 67.9 Å². The first kappa shape index (κ1) is 32.3.